The molecule has 0 amide bonds. The number of aromatic nitrogens is 3. The second-order valence-electron chi connectivity index (χ2n) is 5.84. The fourth-order valence-corrected chi connectivity index (χ4v) is 3.95. The third-order valence-corrected chi connectivity index (χ3v) is 5.41. The van der Waals surface area contributed by atoms with E-state index in [1.54, 1.807) is 11.3 Å². The van der Waals surface area contributed by atoms with Gasteiger partial charge in [-0.15, -0.1) is 0 Å². The van der Waals surface area contributed by atoms with Gasteiger partial charge in [-0.05, 0) is 26.0 Å². The van der Waals surface area contributed by atoms with Gasteiger partial charge in [0.25, 0.3) is 0 Å². The van der Waals surface area contributed by atoms with Crippen LogP contribution in [0, 0.1) is 6.92 Å². The molecule has 7 heteroatoms. The lowest BCUT2D eigenvalue weighted by Crippen LogP contribution is -2.47. The maximum absolute atomic E-state index is 5.30. The van der Waals surface area contributed by atoms with Crippen LogP contribution in [-0.4, -0.2) is 46.2 Å². The molecule has 1 aromatic carbocycles. The number of aryl methyl sites for hydroxylation is 1. The Morgan fingerprint density at radius 1 is 1.13 bits per heavy atom. The van der Waals surface area contributed by atoms with Crippen molar-refractivity contribution in [3.05, 3.63) is 36.0 Å². The van der Waals surface area contributed by atoms with Crippen molar-refractivity contribution in [3.63, 3.8) is 0 Å². The lowest BCUT2D eigenvalue weighted by atomic mass is 10.2. The summed E-state index contributed by atoms with van der Waals surface area (Å²) in [7, 11) is 0. The quantitative estimate of drug-likeness (QED) is 0.736. The molecular weight excluding hydrogens is 310 g/mol. The van der Waals surface area contributed by atoms with E-state index in [-0.39, 0.29) is 6.04 Å². The number of thiazole rings is 1. The van der Waals surface area contributed by atoms with E-state index in [2.05, 4.69) is 45.1 Å². The molecule has 1 aliphatic rings. The molecule has 3 aromatic rings. The van der Waals surface area contributed by atoms with Gasteiger partial charge in [0.2, 0.25) is 5.89 Å². The highest BCUT2D eigenvalue weighted by Crippen LogP contribution is 2.30. The summed E-state index contributed by atoms with van der Waals surface area (Å²) >= 11 is 1.77. The van der Waals surface area contributed by atoms with E-state index < -0.39 is 0 Å². The van der Waals surface area contributed by atoms with E-state index in [1.165, 1.54) is 4.70 Å². The summed E-state index contributed by atoms with van der Waals surface area (Å²) in [6.45, 7) is 7.86. The molecule has 0 unspecified atom stereocenters. The van der Waals surface area contributed by atoms with E-state index in [9.17, 15) is 0 Å². The predicted octanol–water partition coefficient (Wildman–Crippen LogP) is 2.87. The highest BCUT2D eigenvalue weighted by molar-refractivity contribution is 7.22. The van der Waals surface area contributed by atoms with Crippen molar-refractivity contribution in [2.24, 2.45) is 0 Å². The molecule has 0 aliphatic carbocycles. The molecule has 0 saturated carbocycles. The summed E-state index contributed by atoms with van der Waals surface area (Å²) in [5.41, 5.74) is 1.09. The van der Waals surface area contributed by atoms with Crippen LogP contribution in [0.4, 0.5) is 5.13 Å². The van der Waals surface area contributed by atoms with E-state index in [4.69, 9.17) is 9.51 Å². The molecule has 1 atom stereocenters. The number of hydrogen-bond acceptors (Lipinski definition) is 7. The zero-order chi connectivity index (χ0) is 15.8. The average molecular weight is 329 g/mol. The molecule has 0 spiro atoms. The molecular formula is C16H19N5OS. The zero-order valence-corrected chi connectivity index (χ0v) is 14.1. The van der Waals surface area contributed by atoms with Crippen molar-refractivity contribution in [1.82, 2.24) is 20.0 Å². The summed E-state index contributed by atoms with van der Waals surface area (Å²) in [4.78, 5) is 13.9. The molecule has 120 valence electrons. The number of para-hydroxylation sites is 1. The lowest BCUT2D eigenvalue weighted by molar-refractivity contribution is 0.164. The smallest absolute Gasteiger partial charge is 0.243 e. The maximum atomic E-state index is 5.30. The molecule has 6 nitrogen and oxygen atoms in total. The minimum atomic E-state index is 0.161. The standard InChI is InChI=1S/C16H19N5OS/c1-11(15-17-12(2)19-22-15)20-7-9-21(10-8-20)16-18-13-5-3-4-6-14(13)23-16/h3-6,11H,7-10H2,1-2H3/t11-/m0/s1. The molecule has 3 heterocycles. The van der Waals surface area contributed by atoms with Gasteiger partial charge in [0, 0.05) is 26.2 Å². The summed E-state index contributed by atoms with van der Waals surface area (Å²) in [5.74, 6) is 1.40. The van der Waals surface area contributed by atoms with E-state index >= 15 is 0 Å². The SMILES string of the molecule is Cc1noc([C@H](C)N2CCN(c3nc4ccccc4s3)CC2)n1. The Kier molecular flexibility index (Phi) is 3.74. The number of piperazine rings is 1. The molecule has 0 N–H and O–H groups in total. The molecule has 4 rings (SSSR count). The van der Waals surface area contributed by atoms with Crippen molar-refractivity contribution >= 4 is 26.7 Å². The molecule has 23 heavy (non-hydrogen) atoms. The molecule has 1 fully saturated rings. The maximum Gasteiger partial charge on any atom is 0.243 e. The van der Waals surface area contributed by atoms with Crippen LogP contribution in [0.1, 0.15) is 24.7 Å². The Morgan fingerprint density at radius 3 is 2.61 bits per heavy atom. The van der Waals surface area contributed by atoms with Crippen LogP contribution in [0.3, 0.4) is 0 Å². The van der Waals surface area contributed by atoms with Gasteiger partial charge < -0.3 is 9.42 Å². The van der Waals surface area contributed by atoms with Gasteiger partial charge in [-0.1, -0.05) is 28.6 Å². The van der Waals surface area contributed by atoms with Crippen LogP contribution in [0.2, 0.25) is 0 Å². The molecule has 0 bridgehead atoms. The fraction of sp³-hybridized carbons (Fsp3) is 0.438. The Bertz CT molecular complexity index is 773. The number of fused-ring (bicyclic) bond motifs is 1. The van der Waals surface area contributed by atoms with E-state index in [0.717, 1.165) is 36.8 Å². The predicted molar refractivity (Wildman–Crippen MR) is 90.9 cm³/mol. The first-order chi connectivity index (χ1) is 11.2. The van der Waals surface area contributed by atoms with Gasteiger partial charge in [-0.25, -0.2) is 4.98 Å². The Labute approximate surface area is 138 Å². The number of benzene rings is 1. The fourth-order valence-electron chi connectivity index (χ4n) is 2.93. The number of anilines is 1. The van der Waals surface area contributed by atoms with Crippen molar-refractivity contribution in [3.8, 4) is 0 Å². The normalized spacial score (nSPS) is 17.7. The number of nitrogens with zero attached hydrogens (tertiary/aromatic N) is 5. The van der Waals surface area contributed by atoms with Crippen molar-refractivity contribution in [1.29, 1.82) is 0 Å². The van der Waals surface area contributed by atoms with Gasteiger partial charge in [0.1, 0.15) is 0 Å². The first kappa shape index (κ1) is 14.6. The van der Waals surface area contributed by atoms with Gasteiger partial charge in [0.15, 0.2) is 11.0 Å². The van der Waals surface area contributed by atoms with Crippen LogP contribution in [-0.2, 0) is 0 Å². The number of hydrogen-bond donors (Lipinski definition) is 0. The van der Waals surface area contributed by atoms with E-state index in [1.807, 2.05) is 13.0 Å². The Hall–Kier alpha value is -1.99. The monoisotopic (exact) mass is 329 g/mol. The van der Waals surface area contributed by atoms with Crippen molar-refractivity contribution in [2.45, 2.75) is 19.9 Å². The van der Waals surface area contributed by atoms with Crippen molar-refractivity contribution in [2.75, 3.05) is 31.1 Å². The van der Waals surface area contributed by atoms with Crippen LogP contribution >= 0.6 is 11.3 Å². The largest absolute Gasteiger partial charge is 0.345 e. The summed E-state index contributed by atoms with van der Waals surface area (Å²) in [6, 6.07) is 8.47. The van der Waals surface area contributed by atoms with Crippen LogP contribution in [0.25, 0.3) is 10.2 Å². The van der Waals surface area contributed by atoms with Crippen LogP contribution in [0.5, 0.6) is 0 Å². The second kappa shape index (κ2) is 5.90. The second-order valence-corrected chi connectivity index (χ2v) is 6.85. The van der Waals surface area contributed by atoms with E-state index in [0.29, 0.717) is 11.7 Å². The highest BCUT2D eigenvalue weighted by atomic mass is 32.1. The minimum Gasteiger partial charge on any atom is -0.345 e. The third-order valence-electron chi connectivity index (χ3n) is 4.32. The Morgan fingerprint density at radius 2 is 1.91 bits per heavy atom. The van der Waals surface area contributed by atoms with Gasteiger partial charge >= 0.3 is 0 Å². The van der Waals surface area contributed by atoms with Gasteiger partial charge in [-0.3, -0.25) is 4.90 Å². The first-order valence-electron chi connectivity index (χ1n) is 7.85. The van der Waals surface area contributed by atoms with Gasteiger partial charge in [-0.2, -0.15) is 4.98 Å². The summed E-state index contributed by atoms with van der Waals surface area (Å²) in [6.07, 6.45) is 0. The highest BCUT2D eigenvalue weighted by Gasteiger charge is 2.26. The topological polar surface area (TPSA) is 58.3 Å². The minimum absolute atomic E-state index is 0.161. The lowest BCUT2D eigenvalue weighted by Gasteiger charge is -2.36. The molecule has 1 saturated heterocycles. The molecule has 0 radical (unpaired) electrons. The summed E-state index contributed by atoms with van der Waals surface area (Å²) < 4.78 is 6.55. The zero-order valence-electron chi connectivity index (χ0n) is 13.3. The van der Waals surface area contributed by atoms with Gasteiger partial charge in [0.05, 0.1) is 16.3 Å². The Balaban J connectivity index is 1.44. The van der Waals surface area contributed by atoms with Crippen molar-refractivity contribution < 1.29 is 4.52 Å². The van der Waals surface area contributed by atoms with Crippen LogP contribution < -0.4 is 4.90 Å². The van der Waals surface area contributed by atoms with Crippen LogP contribution in [0.15, 0.2) is 28.8 Å². The average Bonchev–Trinajstić information content (AvgIpc) is 3.20. The molecule has 1 aliphatic heterocycles. The third kappa shape index (κ3) is 2.82. The summed E-state index contributed by atoms with van der Waals surface area (Å²) in [5, 5.41) is 5.01. The first-order valence-corrected chi connectivity index (χ1v) is 8.67. The number of rotatable bonds is 3. The molecule has 2 aromatic heterocycles.